The third-order valence-corrected chi connectivity index (χ3v) is 2.92. The summed E-state index contributed by atoms with van der Waals surface area (Å²) in [6.07, 6.45) is -6.19. The molecule has 0 aliphatic heterocycles. The number of carbonyl (C=O) groups excluding carboxylic acids is 1. The molecule has 0 fully saturated rings. The van der Waals surface area contributed by atoms with Crippen LogP contribution in [0.5, 0.6) is 0 Å². The summed E-state index contributed by atoms with van der Waals surface area (Å²) in [7, 11) is 0. The summed E-state index contributed by atoms with van der Waals surface area (Å²) < 4.78 is 51.3. The topological polar surface area (TPSA) is 69.6 Å². The van der Waals surface area contributed by atoms with Gasteiger partial charge in [0.25, 0.3) is 0 Å². The minimum absolute atomic E-state index is 0.293. The van der Waals surface area contributed by atoms with Crippen LogP contribution in [0.3, 0.4) is 0 Å². The lowest BCUT2D eigenvalue weighted by Gasteiger charge is -2.30. The van der Waals surface area contributed by atoms with Crippen LogP contribution in [-0.2, 0) is 11.3 Å². The summed E-state index contributed by atoms with van der Waals surface area (Å²) in [5, 5.41) is 10.1. The highest BCUT2D eigenvalue weighted by molar-refractivity contribution is 5.82. The molecule has 0 saturated heterocycles. The average Bonchev–Trinajstić information content (AvgIpc) is 2.42. The van der Waals surface area contributed by atoms with Crippen molar-refractivity contribution in [1.82, 2.24) is 10.2 Å². The molecule has 0 aliphatic carbocycles. The van der Waals surface area contributed by atoms with Gasteiger partial charge in [-0.05, 0) is 24.6 Å². The van der Waals surface area contributed by atoms with Crippen molar-refractivity contribution in [2.24, 2.45) is 0 Å². The van der Waals surface area contributed by atoms with Crippen LogP contribution in [0.4, 0.5) is 22.4 Å². The van der Waals surface area contributed by atoms with Crippen LogP contribution >= 0.6 is 0 Å². The van der Waals surface area contributed by atoms with E-state index in [1.165, 1.54) is 12.1 Å². The molecule has 122 valence electrons. The molecule has 1 rings (SSSR count). The zero-order valence-electron chi connectivity index (χ0n) is 11.5. The third-order valence-electron chi connectivity index (χ3n) is 2.92. The summed E-state index contributed by atoms with van der Waals surface area (Å²) in [5.74, 6) is -1.59. The Hall–Kier alpha value is -2.32. The minimum Gasteiger partial charge on any atom is -0.465 e. The van der Waals surface area contributed by atoms with Crippen molar-refractivity contribution in [2.45, 2.75) is 25.7 Å². The zero-order valence-corrected chi connectivity index (χ0v) is 11.5. The van der Waals surface area contributed by atoms with Gasteiger partial charge in [-0.3, -0.25) is 4.79 Å². The van der Waals surface area contributed by atoms with Gasteiger partial charge in [-0.15, -0.1) is 0 Å². The van der Waals surface area contributed by atoms with E-state index in [1.54, 1.807) is 5.32 Å². The number of amides is 2. The van der Waals surface area contributed by atoms with Gasteiger partial charge in [0, 0.05) is 6.54 Å². The SMILES string of the molecule is C[C@H](N(Cc1ccc(F)cc1)C(=O)CNC(=O)O)C(F)(F)F. The molecule has 0 aromatic heterocycles. The van der Waals surface area contributed by atoms with Crippen molar-refractivity contribution in [3.63, 3.8) is 0 Å². The average molecular weight is 322 g/mol. The van der Waals surface area contributed by atoms with Gasteiger partial charge in [0.05, 0.1) is 0 Å². The molecule has 0 saturated carbocycles. The van der Waals surface area contributed by atoms with Gasteiger partial charge in [0.1, 0.15) is 18.4 Å². The molecule has 0 aliphatic rings. The van der Waals surface area contributed by atoms with Gasteiger partial charge < -0.3 is 15.3 Å². The first-order chi connectivity index (χ1) is 10.1. The number of carbonyl (C=O) groups is 2. The van der Waals surface area contributed by atoms with E-state index in [0.717, 1.165) is 19.1 Å². The zero-order chi connectivity index (χ0) is 16.9. The summed E-state index contributed by atoms with van der Waals surface area (Å²) in [6.45, 7) is -0.403. The largest absolute Gasteiger partial charge is 0.465 e. The van der Waals surface area contributed by atoms with Crippen LogP contribution in [0, 0.1) is 5.82 Å². The second kappa shape index (κ2) is 7.10. The maximum atomic E-state index is 12.8. The Morgan fingerprint density at radius 2 is 1.82 bits per heavy atom. The highest BCUT2D eigenvalue weighted by Crippen LogP contribution is 2.26. The summed E-state index contributed by atoms with van der Waals surface area (Å²) in [5.41, 5.74) is 0.293. The number of nitrogens with zero attached hydrogens (tertiary/aromatic N) is 1. The highest BCUT2D eigenvalue weighted by atomic mass is 19.4. The smallest absolute Gasteiger partial charge is 0.408 e. The number of alkyl halides is 3. The first kappa shape index (κ1) is 17.7. The van der Waals surface area contributed by atoms with Crippen LogP contribution in [0.1, 0.15) is 12.5 Å². The lowest BCUT2D eigenvalue weighted by Crippen LogP contribution is -2.49. The predicted molar refractivity (Wildman–Crippen MR) is 68.5 cm³/mol. The van der Waals surface area contributed by atoms with Gasteiger partial charge in [0.15, 0.2) is 0 Å². The van der Waals surface area contributed by atoms with Crippen molar-refractivity contribution in [3.05, 3.63) is 35.6 Å². The molecule has 5 nitrogen and oxygen atoms in total. The molecular weight excluding hydrogens is 308 g/mol. The molecule has 0 heterocycles. The van der Waals surface area contributed by atoms with Crippen LogP contribution < -0.4 is 5.32 Å². The Labute approximate surface area is 123 Å². The summed E-state index contributed by atoms with van der Waals surface area (Å²) >= 11 is 0. The third kappa shape index (κ3) is 5.23. The fourth-order valence-corrected chi connectivity index (χ4v) is 1.66. The van der Waals surface area contributed by atoms with Crippen LogP contribution in [0.15, 0.2) is 24.3 Å². The molecule has 22 heavy (non-hydrogen) atoms. The van der Waals surface area contributed by atoms with E-state index in [1.807, 2.05) is 0 Å². The Bertz CT molecular complexity index is 531. The normalized spacial score (nSPS) is 12.6. The summed E-state index contributed by atoms with van der Waals surface area (Å²) in [6, 6.07) is 2.52. The molecule has 2 N–H and O–H groups in total. The van der Waals surface area contributed by atoms with Crippen LogP contribution in [-0.4, -0.2) is 40.8 Å². The number of nitrogens with one attached hydrogen (secondary N) is 1. The van der Waals surface area contributed by atoms with E-state index in [9.17, 15) is 27.2 Å². The predicted octanol–water partition coefficient (Wildman–Crippen LogP) is 2.37. The van der Waals surface area contributed by atoms with Crippen LogP contribution in [0.2, 0.25) is 0 Å². The van der Waals surface area contributed by atoms with E-state index in [2.05, 4.69) is 0 Å². The Kier molecular flexibility index (Phi) is 5.72. The standard InChI is InChI=1S/C13H14F4N2O3/c1-8(13(15,16)17)19(11(20)6-18-12(21)22)7-9-2-4-10(14)5-3-9/h2-5,8,18H,6-7H2,1H3,(H,21,22)/t8-/m0/s1. The van der Waals surface area contributed by atoms with Gasteiger partial charge >= 0.3 is 12.3 Å². The van der Waals surface area contributed by atoms with Gasteiger partial charge in [-0.25, -0.2) is 9.18 Å². The second-order valence-electron chi connectivity index (χ2n) is 4.52. The minimum atomic E-state index is -4.67. The lowest BCUT2D eigenvalue weighted by atomic mass is 10.1. The number of carboxylic acid groups (broad SMARTS) is 1. The maximum absolute atomic E-state index is 12.8. The fourth-order valence-electron chi connectivity index (χ4n) is 1.66. The van der Waals surface area contributed by atoms with Gasteiger partial charge in [-0.2, -0.15) is 13.2 Å². The van der Waals surface area contributed by atoms with E-state index in [-0.39, 0.29) is 0 Å². The Balaban J connectivity index is 2.92. The molecule has 1 atom stereocenters. The lowest BCUT2D eigenvalue weighted by molar-refractivity contribution is -0.186. The van der Waals surface area contributed by atoms with Crippen molar-refractivity contribution >= 4 is 12.0 Å². The number of rotatable bonds is 5. The molecule has 9 heteroatoms. The van der Waals surface area contributed by atoms with Gasteiger partial charge in [-0.1, -0.05) is 12.1 Å². The summed E-state index contributed by atoms with van der Waals surface area (Å²) in [4.78, 5) is 22.7. The Morgan fingerprint density at radius 3 is 2.27 bits per heavy atom. The fraction of sp³-hybridized carbons (Fsp3) is 0.385. The number of hydrogen-bond acceptors (Lipinski definition) is 2. The van der Waals surface area contributed by atoms with Crippen molar-refractivity contribution in [2.75, 3.05) is 6.54 Å². The van der Waals surface area contributed by atoms with Crippen molar-refractivity contribution < 1.29 is 32.3 Å². The van der Waals surface area contributed by atoms with Gasteiger partial charge in [0.2, 0.25) is 5.91 Å². The second-order valence-corrected chi connectivity index (χ2v) is 4.52. The monoisotopic (exact) mass is 322 g/mol. The van der Waals surface area contributed by atoms with E-state index in [0.29, 0.717) is 10.5 Å². The van der Waals surface area contributed by atoms with Crippen molar-refractivity contribution in [1.29, 1.82) is 0 Å². The van der Waals surface area contributed by atoms with Crippen LogP contribution in [0.25, 0.3) is 0 Å². The van der Waals surface area contributed by atoms with E-state index in [4.69, 9.17) is 5.11 Å². The highest BCUT2D eigenvalue weighted by Gasteiger charge is 2.42. The first-order valence-electron chi connectivity index (χ1n) is 6.18. The first-order valence-corrected chi connectivity index (χ1v) is 6.18. The number of benzene rings is 1. The quantitative estimate of drug-likeness (QED) is 0.818. The van der Waals surface area contributed by atoms with E-state index >= 15 is 0 Å². The maximum Gasteiger partial charge on any atom is 0.408 e. The molecule has 0 bridgehead atoms. The number of hydrogen-bond donors (Lipinski definition) is 2. The molecule has 1 aromatic rings. The molecule has 0 unspecified atom stereocenters. The van der Waals surface area contributed by atoms with Crippen molar-refractivity contribution in [3.8, 4) is 0 Å². The molecule has 0 radical (unpaired) electrons. The molecular formula is C13H14F4N2O3. The molecule has 2 amide bonds. The Morgan fingerprint density at radius 1 is 1.27 bits per heavy atom. The van der Waals surface area contributed by atoms with E-state index < -0.39 is 43.1 Å². The number of halogens is 4. The molecule has 0 spiro atoms. The molecule has 1 aromatic carbocycles.